The number of rotatable bonds is 2. The Morgan fingerprint density at radius 3 is 2.89 bits per heavy atom. The van der Waals surface area contributed by atoms with Gasteiger partial charge in [-0.2, -0.15) is 4.99 Å². The van der Waals surface area contributed by atoms with Crippen molar-refractivity contribution in [2.24, 2.45) is 4.99 Å². The highest BCUT2D eigenvalue weighted by Gasteiger charge is 2.35. The number of aromatic nitrogens is 1. The van der Waals surface area contributed by atoms with Gasteiger partial charge >= 0.3 is 0 Å². The summed E-state index contributed by atoms with van der Waals surface area (Å²) in [6.07, 6.45) is 5.74. The minimum atomic E-state index is -0.386. The summed E-state index contributed by atoms with van der Waals surface area (Å²) in [5.74, 6) is 0.654. The molecule has 92 valence electrons. The first-order valence-corrected chi connectivity index (χ1v) is 6.20. The molecule has 4 nitrogen and oxygen atoms in total. The molecule has 1 heterocycles. The third-order valence-electron chi connectivity index (χ3n) is 3.72. The second-order valence-electron chi connectivity index (χ2n) is 4.86. The molecule has 1 fully saturated rings. The maximum Gasteiger partial charge on any atom is 0.235 e. The van der Waals surface area contributed by atoms with Gasteiger partial charge in [-0.15, -0.1) is 0 Å². The molecule has 0 unspecified atom stereocenters. The fraction of sp³-hybridized carbons (Fsp3) is 0.429. The van der Waals surface area contributed by atoms with Crippen LogP contribution in [0.25, 0.3) is 11.1 Å². The van der Waals surface area contributed by atoms with E-state index in [0.717, 1.165) is 42.3 Å². The van der Waals surface area contributed by atoms with Crippen molar-refractivity contribution in [2.75, 3.05) is 0 Å². The zero-order chi connectivity index (χ0) is 12.6. The van der Waals surface area contributed by atoms with Gasteiger partial charge in [0.1, 0.15) is 5.52 Å². The highest BCUT2D eigenvalue weighted by atomic mass is 16.3. The van der Waals surface area contributed by atoms with E-state index in [9.17, 15) is 4.79 Å². The molecule has 4 heteroatoms. The van der Waals surface area contributed by atoms with Crippen molar-refractivity contribution < 1.29 is 9.21 Å². The fourth-order valence-electron chi connectivity index (χ4n) is 2.84. The van der Waals surface area contributed by atoms with Gasteiger partial charge in [-0.3, -0.25) is 0 Å². The van der Waals surface area contributed by atoms with Gasteiger partial charge in [-0.1, -0.05) is 18.9 Å². The van der Waals surface area contributed by atoms with Crippen LogP contribution in [0, 0.1) is 6.92 Å². The molecule has 0 atom stereocenters. The van der Waals surface area contributed by atoms with E-state index in [2.05, 4.69) is 9.98 Å². The smallest absolute Gasteiger partial charge is 0.235 e. The number of fused-ring (bicyclic) bond motifs is 1. The number of carbonyl (C=O) groups excluding carboxylic acids is 1. The van der Waals surface area contributed by atoms with Crippen molar-refractivity contribution in [1.82, 2.24) is 4.98 Å². The van der Waals surface area contributed by atoms with Crippen LogP contribution in [0.3, 0.4) is 0 Å². The minimum Gasteiger partial charge on any atom is -0.441 e. The number of hydrogen-bond donors (Lipinski definition) is 0. The summed E-state index contributed by atoms with van der Waals surface area (Å²) in [5, 5.41) is 0. The van der Waals surface area contributed by atoms with Crippen molar-refractivity contribution in [3.05, 3.63) is 29.7 Å². The Morgan fingerprint density at radius 2 is 2.17 bits per heavy atom. The van der Waals surface area contributed by atoms with Gasteiger partial charge in [0, 0.05) is 6.92 Å². The standard InChI is InChI=1S/C14H14N2O2/c1-10-16-12-8-11(4-5-13(12)18-10)14(15-9-17)6-2-3-7-14/h4-5,8H,2-3,6-7H2,1H3. The number of aliphatic imine (C=N–C) groups is 1. The summed E-state index contributed by atoms with van der Waals surface area (Å²) in [5.41, 5.74) is 2.27. The molecule has 0 saturated heterocycles. The van der Waals surface area contributed by atoms with Crippen LogP contribution in [0.1, 0.15) is 37.1 Å². The Balaban J connectivity index is 2.14. The second kappa shape index (κ2) is 4.07. The van der Waals surface area contributed by atoms with Crippen LogP contribution in [0.5, 0.6) is 0 Å². The highest BCUT2D eigenvalue weighted by Crippen LogP contribution is 2.42. The second-order valence-corrected chi connectivity index (χ2v) is 4.86. The largest absolute Gasteiger partial charge is 0.441 e. The number of nitrogens with zero attached hydrogens (tertiary/aromatic N) is 2. The maximum absolute atomic E-state index is 10.7. The Bertz CT molecular complexity index is 632. The zero-order valence-electron chi connectivity index (χ0n) is 10.3. The molecule has 0 N–H and O–H groups in total. The summed E-state index contributed by atoms with van der Waals surface area (Å²) >= 11 is 0. The third kappa shape index (κ3) is 1.66. The number of isocyanates is 1. The molecule has 0 aliphatic heterocycles. The van der Waals surface area contributed by atoms with E-state index >= 15 is 0 Å². The molecule has 2 aromatic rings. The Morgan fingerprint density at radius 1 is 1.39 bits per heavy atom. The lowest BCUT2D eigenvalue weighted by atomic mass is 9.89. The Kier molecular flexibility index (Phi) is 2.53. The molecule has 0 radical (unpaired) electrons. The van der Waals surface area contributed by atoms with Crippen molar-refractivity contribution in [2.45, 2.75) is 38.1 Å². The SMILES string of the molecule is Cc1nc2cc(C3(N=C=O)CCCC3)ccc2o1. The van der Waals surface area contributed by atoms with Gasteiger partial charge in [-0.25, -0.2) is 9.78 Å². The molecule has 18 heavy (non-hydrogen) atoms. The minimum absolute atomic E-state index is 0.386. The molecule has 1 aromatic heterocycles. The van der Waals surface area contributed by atoms with Crippen molar-refractivity contribution in [3.63, 3.8) is 0 Å². The average molecular weight is 242 g/mol. The van der Waals surface area contributed by atoms with E-state index in [-0.39, 0.29) is 5.54 Å². The van der Waals surface area contributed by atoms with Crippen LogP contribution < -0.4 is 0 Å². The van der Waals surface area contributed by atoms with E-state index in [1.807, 2.05) is 25.1 Å². The molecular formula is C14H14N2O2. The summed E-state index contributed by atoms with van der Waals surface area (Å²) in [6, 6.07) is 5.88. The molecule has 0 amide bonds. The normalized spacial score (nSPS) is 17.8. The fourth-order valence-corrected chi connectivity index (χ4v) is 2.84. The van der Waals surface area contributed by atoms with Crippen LogP contribution in [0.15, 0.2) is 27.6 Å². The van der Waals surface area contributed by atoms with Crippen LogP contribution >= 0.6 is 0 Å². The predicted octanol–water partition coefficient (Wildman–Crippen LogP) is 3.24. The van der Waals surface area contributed by atoms with Gasteiger partial charge in [0.05, 0.1) is 5.54 Å². The first-order valence-electron chi connectivity index (χ1n) is 6.20. The van der Waals surface area contributed by atoms with Crippen LogP contribution in [0.4, 0.5) is 0 Å². The number of benzene rings is 1. The van der Waals surface area contributed by atoms with Crippen molar-refractivity contribution in [3.8, 4) is 0 Å². The Labute approximate surface area is 105 Å². The summed E-state index contributed by atoms with van der Waals surface area (Å²) in [4.78, 5) is 19.1. The third-order valence-corrected chi connectivity index (χ3v) is 3.72. The van der Waals surface area contributed by atoms with Gasteiger partial charge in [-0.05, 0) is 30.5 Å². The molecule has 0 bridgehead atoms. The summed E-state index contributed by atoms with van der Waals surface area (Å²) < 4.78 is 5.46. The molecule has 1 saturated carbocycles. The number of oxazole rings is 1. The summed E-state index contributed by atoms with van der Waals surface area (Å²) in [6.45, 7) is 1.83. The molecule has 0 spiro atoms. The van der Waals surface area contributed by atoms with Gasteiger partial charge in [0.25, 0.3) is 0 Å². The number of hydrogen-bond acceptors (Lipinski definition) is 4. The first-order chi connectivity index (χ1) is 8.73. The molecule has 1 aromatic carbocycles. The maximum atomic E-state index is 10.7. The highest BCUT2D eigenvalue weighted by molar-refractivity contribution is 5.74. The van der Waals surface area contributed by atoms with Crippen molar-refractivity contribution >= 4 is 17.2 Å². The lowest BCUT2D eigenvalue weighted by molar-refractivity contribution is 0.456. The van der Waals surface area contributed by atoms with E-state index in [1.54, 1.807) is 6.08 Å². The van der Waals surface area contributed by atoms with Gasteiger partial charge in [0.15, 0.2) is 11.5 Å². The quantitative estimate of drug-likeness (QED) is 0.600. The number of aryl methyl sites for hydroxylation is 1. The lowest BCUT2D eigenvalue weighted by Crippen LogP contribution is -2.18. The topological polar surface area (TPSA) is 55.5 Å². The van der Waals surface area contributed by atoms with Crippen LogP contribution in [-0.2, 0) is 10.3 Å². The molecule has 1 aliphatic carbocycles. The van der Waals surface area contributed by atoms with Gasteiger partial charge < -0.3 is 4.42 Å². The first kappa shape index (κ1) is 11.2. The average Bonchev–Trinajstić information content (AvgIpc) is 2.94. The monoisotopic (exact) mass is 242 g/mol. The summed E-state index contributed by atoms with van der Waals surface area (Å²) in [7, 11) is 0. The van der Waals surface area contributed by atoms with E-state index in [1.165, 1.54) is 0 Å². The predicted molar refractivity (Wildman–Crippen MR) is 67.0 cm³/mol. The van der Waals surface area contributed by atoms with Crippen LogP contribution in [0.2, 0.25) is 0 Å². The molecule has 3 rings (SSSR count). The van der Waals surface area contributed by atoms with E-state index in [4.69, 9.17) is 4.42 Å². The van der Waals surface area contributed by atoms with Gasteiger partial charge in [0.2, 0.25) is 6.08 Å². The lowest BCUT2D eigenvalue weighted by Gasteiger charge is -2.22. The Hall–Kier alpha value is -1.93. The van der Waals surface area contributed by atoms with E-state index in [0.29, 0.717) is 5.89 Å². The van der Waals surface area contributed by atoms with E-state index < -0.39 is 0 Å². The molecule has 1 aliphatic rings. The zero-order valence-corrected chi connectivity index (χ0v) is 10.3. The van der Waals surface area contributed by atoms with Crippen LogP contribution in [-0.4, -0.2) is 11.1 Å². The molecular weight excluding hydrogens is 228 g/mol. The van der Waals surface area contributed by atoms with Crippen molar-refractivity contribution in [1.29, 1.82) is 0 Å².